The van der Waals surface area contributed by atoms with E-state index in [-0.39, 0.29) is 5.97 Å². The first-order valence-corrected chi connectivity index (χ1v) is 11.1. The summed E-state index contributed by atoms with van der Waals surface area (Å²) in [6, 6.07) is 14.9. The molecule has 2 aromatic heterocycles. The number of nitrogens with two attached hydrogens (primary N) is 1. The standard InChI is InChI=1S/C27H29N3O2/c1-4-32-25(31)12-8-19-6-9-21(18(3)14-19)10-7-20-15-23-22-11-5-17(2)13-24(22)30-27(28)26(23)29-16-20/h5-6,9,11,13-16H,4,7-8,10,12H2,1-3H3,(H2,28,30). The highest BCUT2D eigenvalue weighted by molar-refractivity contribution is 6.08. The minimum absolute atomic E-state index is 0.142. The summed E-state index contributed by atoms with van der Waals surface area (Å²) in [5, 5.41) is 2.13. The Bertz CT molecular complexity index is 1300. The Kier molecular flexibility index (Phi) is 6.35. The van der Waals surface area contributed by atoms with Gasteiger partial charge in [0.25, 0.3) is 0 Å². The fraction of sp³-hybridized carbons (Fsp3) is 0.296. The molecule has 0 amide bonds. The van der Waals surface area contributed by atoms with Crippen LogP contribution in [-0.4, -0.2) is 22.5 Å². The fourth-order valence-electron chi connectivity index (χ4n) is 4.15. The van der Waals surface area contributed by atoms with Crippen molar-refractivity contribution in [1.82, 2.24) is 9.97 Å². The lowest BCUT2D eigenvalue weighted by Gasteiger charge is -2.11. The van der Waals surface area contributed by atoms with E-state index >= 15 is 0 Å². The van der Waals surface area contributed by atoms with E-state index in [1.165, 1.54) is 16.7 Å². The molecule has 0 fully saturated rings. The topological polar surface area (TPSA) is 78.1 Å². The van der Waals surface area contributed by atoms with E-state index in [1.807, 2.05) is 13.1 Å². The molecule has 5 nitrogen and oxygen atoms in total. The molecule has 0 bridgehead atoms. The third kappa shape index (κ3) is 4.72. The number of fused-ring (bicyclic) bond motifs is 3. The van der Waals surface area contributed by atoms with Crippen molar-refractivity contribution in [1.29, 1.82) is 0 Å². The number of anilines is 1. The molecule has 0 saturated heterocycles. The molecule has 0 spiro atoms. The second kappa shape index (κ2) is 9.35. The average Bonchev–Trinajstić information content (AvgIpc) is 2.77. The van der Waals surface area contributed by atoms with E-state index < -0.39 is 0 Å². The number of aryl methyl sites for hydroxylation is 5. The summed E-state index contributed by atoms with van der Waals surface area (Å²) in [5.41, 5.74) is 13.9. The number of nitrogen functional groups attached to an aromatic ring is 1. The third-order valence-electron chi connectivity index (χ3n) is 5.88. The normalized spacial score (nSPS) is 11.2. The van der Waals surface area contributed by atoms with Crippen molar-refractivity contribution < 1.29 is 9.53 Å². The highest BCUT2D eigenvalue weighted by Gasteiger charge is 2.10. The Labute approximate surface area is 188 Å². The van der Waals surface area contributed by atoms with E-state index in [4.69, 9.17) is 10.5 Å². The van der Waals surface area contributed by atoms with Gasteiger partial charge in [-0.2, -0.15) is 0 Å². The number of hydrogen-bond acceptors (Lipinski definition) is 5. The van der Waals surface area contributed by atoms with Crippen LogP contribution in [-0.2, 0) is 28.8 Å². The first kappa shape index (κ1) is 21.8. The van der Waals surface area contributed by atoms with Crippen LogP contribution in [0.25, 0.3) is 21.8 Å². The molecule has 4 rings (SSSR count). The van der Waals surface area contributed by atoms with Gasteiger partial charge >= 0.3 is 5.97 Å². The molecule has 0 saturated carbocycles. The lowest BCUT2D eigenvalue weighted by Crippen LogP contribution is -2.05. The van der Waals surface area contributed by atoms with Gasteiger partial charge in [0.05, 0.1) is 12.1 Å². The highest BCUT2D eigenvalue weighted by atomic mass is 16.5. The van der Waals surface area contributed by atoms with Gasteiger partial charge in [-0.15, -0.1) is 0 Å². The van der Waals surface area contributed by atoms with Crippen LogP contribution in [0.4, 0.5) is 5.82 Å². The largest absolute Gasteiger partial charge is 0.466 e. The van der Waals surface area contributed by atoms with Crippen LogP contribution in [0.1, 0.15) is 41.2 Å². The van der Waals surface area contributed by atoms with Gasteiger partial charge in [0.1, 0.15) is 5.52 Å². The number of esters is 1. The van der Waals surface area contributed by atoms with Crippen LogP contribution < -0.4 is 5.73 Å². The number of aromatic nitrogens is 2. The van der Waals surface area contributed by atoms with Crippen molar-refractivity contribution in [3.63, 3.8) is 0 Å². The number of pyridine rings is 2. The Morgan fingerprint density at radius 1 is 0.969 bits per heavy atom. The summed E-state index contributed by atoms with van der Waals surface area (Å²) in [6.45, 7) is 6.45. The molecule has 2 aromatic carbocycles. The first-order chi connectivity index (χ1) is 15.4. The SMILES string of the molecule is CCOC(=O)CCc1ccc(CCc2cnc3c(N)nc4cc(C)ccc4c3c2)c(C)c1. The van der Waals surface area contributed by atoms with E-state index in [0.717, 1.165) is 45.8 Å². The smallest absolute Gasteiger partial charge is 0.306 e. The summed E-state index contributed by atoms with van der Waals surface area (Å²) in [7, 11) is 0. The molecule has 2 heterocycles. The number of nitrogens with zero attached hydrogens (tertiary/aromatic N) is 2. The number of benzene rings is 2. The zero-order valence-electron chi connectivity index (χ0n) is 18.9. The Balaban J connectivity index is 1.51. The quantitative estimate of drug-likeness (QED) is 0.321. The molecule has 0 aliphatic heterocycles. The molecule has 0 radical (unpaired) electrons. The lowest BCUT2D eigenvalue weighted by molar-refractivity contribution is -0.143. The summed E-state index contributed by atoms with van der Waals surface area (Å²) in [4.78, 5) is 20.8. The van der Waals surface area contributed by atoms with Crippen LogP contribution in [0.15, 0.2) is 48.7 Å². The number of rotatable bonds is 7. The van der Waals surface area contributed by atoms with Gasteiger partial charge in [0.2, 0.25) is 0 Å². The van der Waals surface area contributed by atoms with E-state index in [9.17, 15) is 4.79 Å². The third-order valence-corrected chi connectivity index (χ3v) is 5.88. The molecule has 2 N–H and O–H groups in total. The van der Waals surface area contributed by atoms with Crippen LogP contribution in [0, 0.1) is 13.8 Å². The molecule has 32 heavy (non-hydrogen) atoms. The van der Waals surface area contributed by atoms with E-state index in [2.05, 4.69) is 66.3 Å². The van der Waals surface area contributed by atoms with Crippen molar-refractivity contribution >= 4 is 33.6 Å². The van der Waals surface area contributed by atoms with Crippen molar-refractivity contribution in [2.75, 3.05) is 12.3 Å². The molecule has 0 aliphatic rings. The van der Waals surface area contributed by atoms with Gasteiger partial charge in [-0.25, -0.2) is 4.98 Å². The molecule has 0 atom stereocenters. The molecular weight excluding hydrogens is 398 g/mol. The van der Waals surface area contributed by atoms with Crippen molar-refractivity contribution in [3.8, 4) is 0 Å². The van der Waals surface area contributed by atoms with Crippen LogP contribution in [0.5, 0.6) is 0 Å². The van der Waals surface area contributed by atoms with Gasteiger partial charge < -0.3 is 10.5 Å². The Hall–Kier alpha value is -3.47. The second-order valence-electron chi connectivity index (χ2n) is 8.32. The zero-order chi connectivity index (χ0) is 22.7. The maximum atomic E-state index is 11.6. The molecule has 4 aromatic rings. The summed E-state index contributed by atoms with van der Waals surface area (Å²) >= 11 is 0. The van der Waals surface area contributed by atoms with Crippen LogP contribution >= 0.6 is 0 Å². The maximum Gasteiger partial charge on any atom is 0.306 e. The minimum Gasteiger partial charge on any atom is -0.466 e. The zero-order valence-corrected chi connectivity index (χ0v) is 18.9. The first-order valence-electron chi connectivity index (χ1n) is 11.1. The Morgan fingerprint density at radius 3 is 2.59 bits per heavy atom. The molecular formula is C27H29N3O2. The molecule has 0 unspecified atom stereocenters. The lowest BCUT2D eigenvalue weighted by atomic mass is 9.97. The van der Waals surface area contributed by atoms with Gasteiger partial charge in [0.15, 0.2) is 5.82 Å². The Morgan fingerprint density at radius 2 is 1.81 bits per heavy atom. The molecule has 5 heteroatoms. The van der Waals surface area contributed by atoms with Gasteiger partial charge in [-0.05, 0) is 80.0 Å². The van der Waals surface area contributed by atoms with Crippen molar-refractivity contribution in [2.45, 2.75) is 46.5 Å². The second-order valence-corrected chi connectivity index (χ2v) is 8.32. The average molecular weight is 428 g/mol. The number of hydrogen-bond donors (Lipinski definition) is 1. The number of ether oxygens (including phenoxy) is 1. The highest BCUT2D eigenvalue weighted by Crippen LogP contribution is 2.28. The van der Waals surface area contributed by atoms with Gasteiger partial charge in [-0.3, -0.25) is 9.78 Å². The molecule has 164 valence electrons. The maximum absolute atomic E-state index is 11.6. The van der Waals surface area contributed by atoms with E-state index in [0.29, 0.717) is 25.3 Å². The number of carbonyl (C=O) groups is 1. The number of carbonyl (C=O) groups excluding carboxylic acids is 1. The summed E-state index contributed by atoms with van der Waals surface area (Å²) in [6.07, 6.45) is 4.84. The van der Waals surface area contributed by atoms with Gasteiger partial charge in [0, 0.05) is 23.4 Å². The van der Waals surface area contributed by atoms with E-state index in [1.54, 1.807) is 0 Å². The van der Waals surface area contributed by atoms with Crippen LogP contribution in [0.2, 0.25) is 0 Å². The monoisotopic (exact) mass is 427 g/mol. The molecule has 0 aliphatic carbocycles. The minimum atomic E-state index is -0.142. The summed E-state index contributed by atoms with van der Waals surface area (Å²) < 4.78 is 5.02. The fourth-order valence-corrected chi connectivity index (χ4v) is 4.15. The van der Waals surface area contributed by atoms with Crippen molar-refractivity contribution in [3.05, 3.63) is 76.5 Å². The predicted molar refractivity (Wildman–Crippen MR) is 130 cm³/mol. The van der Waals surface area contributed by atoms with Crippen LogP contribution in [0.3, 0.4) is 0 Å². The summed E-state index contributed by atoms with van der Waals surface area (Å²) in [5.74, 6) is 0.329. The predicted octanol–water partition coefficient (Wildman–Crippen LogP) is 5.26. The van der Waals surface area contributed by atoms with Crippen molar-refractivity contribution in [2.24, 2.45) is 0 Å². The van der Waals surface area contributed by atoms with Gasteiger partial charge in [-0.1, -0.05) is 30.3 Å².